The zero-order valence-electron chi connectivity index (χ0n) is 13.1. The van der Waals surface area contributed by atoms with Gasteiger partial charge in [0.25, 0.3) is 5.91 Å². The molecule has 2 aromatic carbocycles. The maximum Gasteiger partial charge on any atom is 0.293 e. The highest BCUT2D eigenvalue weighted by atomic mass is 32.1. The molecule has 0 spiro atoms. The smallest absolute Gasteiger partial charge is 0.293 e. The molecule has 2 heterocycles. The van der Waals surface area contributed by atoms with Crippen molar-refractivity contribution in [3.05, 3.63) is 65.7 Å². The fraction of sp³-hybridized carbons (Fsp3) is 0.0556. The van der Waals surface area contributed by atoms with Crippen molar-refractivity contribution in [3.8, 4) is 11.4 Å². The molecule has 4 aromatic rings. The Hall–Kier alpha value is -3.06. The molecule has 124 valence electrons. The number of fused-ring (bicyclic) bond motifs is 1. The number of carbonyl (C=O) groups excluding carboxylic acids is 1. The van der Waals surface area contributed by atoms with Crippen LogP contribution in [-0.2, 0) is 0 Å². The van der Waals surface area contributed by atoms with Crippen molar-refractivity contribution in [2.24, 2.45) is 0 Å². The van der Waals surface area contributed by atoms with Gasteiger partial charge in [-0.15, -0.1) is 0 Å². The van der Waals surface area contributed by atoms with E-state index in [1.807, 2.05) is 30.3 Å². The Balaban J connectivity index is 1.61. The Morgan fingerprint density at radius 3 is 2.80 bits per heavy atom. The molecule has 0 bridgehead atoms. The molecule has 7 heteroatoms. The van der Waals surface area contributed by atoms with Crippen LogP contribution in [0, 0.1) is 12.7 Å². The van der Waals surface area contributed by atoms with Crippen LogP contribution in [0.3, 0.4) is 0 Å². The summed E-state index contributed by atoms with van der Waals surface area (Å²) in [6.07, 6.45) is 0. The average molecular weight is 353 g/mol. The molecule has 0 atom stereocenters. The fourth-order valence-electron chi connectivity index (χ4n) is 2.54. The highest BCUT2D eigenvalue weighted by Gasteiger charge is 2.19. The minimum Gasteiger partial charge on any atom is -0.451 e. The van der Waals surface area contributed by atoms with Gasteiger partial charge in [0, 0.05) is 28.0 Å². The number of aromatic nitrogens is 2. The van der Waals surface area contributed by atoms with Gasteiger partial charge in [0.15, 0.2) is 11.6 Å². The van der Waals surface area contributed by atoms with Gasteiger partial charge < -0.3 is 4.42 Å². The summed E-state index contributed by atoms with van der Waals surface area (Å²) in [4.78, 5) is 16.8. The molecule has 2 aromatic heterocycles. The molecule has 0 saturated heterocycles. The first-order chi connectivity index (χ1) is 12.1. The summed E-state index contributed by atoms with van der Waals surface area (Å²) < 4.78 is 23.2. The number of carbonyl (C=O) groups is 1. The zero-order chi connectivity index (χ0) is 17.4. The van der Waals surface area contributed by atoms with E-state index in [4.69, 9.17) is 4.42 Å². The van der Waals surface area contributed by atoms with Gasteiger partial charge in [0.1, 0.15) is 11.4 Å². The summed E-state index contributed by atoms with van der Waals surface area (Å²) in [5.74, 6) is -0.133. The van der Waals surface area contributed by atoms with Crippen LogP contribution < -0.4 is 5.32 Å². The van der Waals surface area contributed by atoms with Crippen LogP contribution in [-0.4, -0.2) is 15.3 Å². The molecule has 5 nitrogen and oxygen atoms in total. The van der Waals surface area contributed by atoms with Gasteiger partial charge in [0.2, 0.25) is 5.13 Å². The third kappa shape index (κ3) is 2.89. The summed E-state index contributed by atoms with van der Waals surface area (Å²) in [6, 6.07) is 13.6. The maximum absolute atomic E-state index is 13.4. The normalized spacial score (nSPS) is 11.0. The van der Waals surface area contributed by atoms with Crippen LogP contribution in [0.1, 0.15) is 16.1 Å². The molecule has 0 unspecified atom stereocenters. The molecule has 1 N–H and O–H groups in total. The first kappa shape index (κ1) is 15.5. The number of benzene rings is 2. The summed E-state index contributed by atoms with van der Waals surface area (Å²) in [7, 11) is 0. The molecule has 0 aliphatic heterocycles. The number of amides is 1. The van der Waals surface area contributed by atoms with Gasteiger partial charge in [-0.25, -0.2) is 4.39 Å². The molecule has 4 rings (SSSR count). The summed E-state index contributed by atoms with van der Waals surface area (Å²) in [5, 5.41) is 3.63. The Kier molecular flexibility index (Phi) is 3.77. The van der Waals surface area contributed by atoms with Crippen LogP contribution >= 0.6 is 11.5 Å². The van der Waals surface area contributed by atoms with E-state index in [0.717, 1.165) is 17.1 Å². The minimum atomic E-state index is -0.440. The quantitative estimate of drug-likeness (QED) is 0.582. The van der Waals surface area contributed by atoms with Gasteiger partial charge in [-0.3, -0.25) is 10.1 Å². The van der Waals surface area contributed by atoms with E-state index < -0.39 is 5.91 Å². The van der Waals surface area contributed by atoms with Gasteiger partial charge in [-0.05, 0) is 25.1 Å². The molecule has 0 fully saturated rings. The molecule has 0 aliphatic rings. The van der Waals surface area contributed by atoms with E-state index in [0.29, 0.717) is 27.5 Å². The van der Waals surface area contributed by atoms with Crippen molar-refractivity contribution < 1.29 is 13.6 Å². The lowest BCUT2D eigenvalue weighted by molar-refractivity contribution is 0.0998. The van der Waals surface area contributed by atoms with E-state index in [9.17, 15) is 9.18 Å². The van der Waals surface area contributed by atoms with Gasteiger partial charge in [-0.2, -0.15) is 9.36 Å². The largest absolute Gasteiger partial charge is 0.451 e. The first-order valence-corrected chi connectivity index (χ1v) is 8.28. The predicted molar refractivity (Wildman–Crippen MR) is 94.2 cm³/mol. The average Bonchev–Trinajstić information content (AvgIpc) is 3.21. The van der Waals surface area contributed by atoms with Crippen molar-refractivity contribution >= 4 is 33.5 Å². The third-order valence-corrected chi connectivity index (χ3v) is 4.41. The van der Waals surface area contributed by atoms with Crippen molar-refractivity contribution in [3.63, 3.8) is 0 Å². The van der Waals surface area contributed by atoms with E-state index in [-0.39, 0.29) is 11.6 Å². The summed E-state index contributed by atoms with van der Waals surface area (Å²) >= 11 is 1.09. The lowest BCUT2D eigenvalue weighted by atomic mass is 10.1. The topological polar surface area (TPSA) is 68.0 Å². The number of nitrogens with one attached hydrogen (secondary N) is 1. The number of hydrogen-bond donors (Lipinski definition) is 1. The molecule has 0 aliphatic carbocycles. The Morgan fingerprint density at radius 1 is 1.20 bits per heavy atom. The van der Waals surface area contributed by atoms with Crippen molar-refractivity contribution in [1.82, 2.24) is 9.36 Å². The van der Waals surface area contributed by atoms with Gasteiger partial charge >= 0.3 is 0 Å². The van der Waals surface area contributed by atoms with Crippen molar-refractivity contribution in [2.45, 2.75) is 6.92 Å². The number of anilines is 1. The Bertz CT molecular complexity index is 1070. The molecule has 0 radical (unpaired) electrons. The van der Waals surface area contributed by atoms with Crippen LogP contribution in [0.4, 0.5) is 9.52 Å². The highest BCUT2D eigenvalue weighted by Crippen LogP contribution is 2.27. The second kappa shape index (κ2) is 6.10. The van der Waals surface area contributed by atoms with E-state index in [1.165, 1.54) is 18.2 Å². The number of halogens is 1. The van der Waals surface area contributed by atoms with Crippen LogP contribution in [0.5, 0.6) is 0 Å². The van der Waals surface area contributed by atoms with Gasteiger partial charge in [-0.1, -0.05) is 30.3 Å². The second-order valence-electron chi connectivity index (χ2n) is 5.44. The lowest BCUT2D eigenvalue weighted by Crippen LogP contribution is -2.11. The third-order valence-electron chi connectivity index (χ3n) is 3.78. The summed E-state index contributed by atoms with van der Waals surface area (Å²) in [6.45, 7) is 1.72. The number of hydrogen-bond acceptors (Lipinski definition) is 5. The number of aryl methyl sites for hydroxylation is 1. The molecular formula is C18H12FN3O2S. The predicted octanol–water partition coefficient (Wildman–Crippen LogP) is 4.65. The number of rotatable bonds is 3. The molecule has 1 amide bonds. The zero-order valence-corrected chi connectivity index (χ0v) is 13.9. The SMILES string of the molecule is Cc1c(C(=O)Nc2nc(-c3ccccc3)ns2)oc2ccc(F)cc12. The standard InChI is InChI=1S/C18H12FN3O2S/c1-10-13-9-12(19)7-8-14(13)24-15(10)17(23)21-18-20-16(22-25-18)11-5-3-2-4-6-11/h2-9H,1H3,(H,20,21,22,23). The molecular weight excluding hydrogens is 341 g/mol. The second-order valence-corrected chi connectivity index (χ2v) is 6.19. The summed E-state index contributed by atoms with van der Waals surface area (Å²) in [5.41, 5.74) is 1.92. The van der Waals surface area contributed by atoms with Crippen LogP contribution in [0.15, 0.2) is 52.9 Å². The molecule has 0 saturated carbocycles. The number of nitrogens with zero attached hydrogens (tertiary/aromatic N) is 2. The van der Waals surface area contributed by atoms with Gasteiger partial charge in [0.05, 0.1) is 0 Å². The van der Waals surface area contributed by atoms with E-state index in [2.05, 4.69) is 14.7 Å². The maximum atomic E-state index is 13.4. The fourth-order valence-corrected chi connectivity index (χ4v) is 3.13. The van der Waals surface area contributed by atoms with Crippen molar-refractivity contribution in [2.75, 3.05) is 5.32 Å². The lowest BCUT2D eigenvalue weighted by Gasteiger charge is -1.98. The van der Waals surface area contributed by atoms with E-state index in [1.54, 1.807) is 6.92 Å². The van der Waals surface area contributed by atoms with Crippen molar-refractivity contribution in [1.29, 1.82) is 0 Å². The Morgan fingerprint density at radius 2 is 2.00 bits per heavy atom. The van der Waals surface area contributed by atoms with E-state index >= 15 is 0 Å². The Labute approximate surface area is 146 Å². The first-order valence-electron chi connectivity index (χ1n) is 7.51. The number of furan rings is 1. The van der Waals surface area contributed by atoms with Crippen LogP contribution in [0.2, 0.25) is 0 Å². The minimum absolute atomic E-state index is 0.136. The molecule has 25 heavy (non-hydrogen) atoms. The monoisotopic (exact) mass is 353 g/mol. The highest BCUT2D eigenvalue weighted by molar-refractivity contribution is 7.10. The van der Waals surface area contributed by atoms with Crippen LogP contribution in [0.25, 0.3) is 22.4 Å².